The van der Waals surface area contributed by atoms with Crippen molar-refractivity contribution in [3.8, 4) is 0 Å². The second-order valence-corrected chi connectivity index (χ2v) is 18.6. The SMILES string of the molecule is Cn1c2ccccc2c2c(N(c3ccccc3)c3ccc4cc5c(cc4c3)oc3c5ccc4oc5cc6cc(N(c7ccccc7)c7cccc8c7c7ccccc7n8C)ccc6cc5c43)cccc21. The highest BCUT2D eigenvalue weighted by Gasteiger charge is 2.23. The molecular weight excluding hydrogens is 857 g/mol. The van der Waals surface area contributed by atoms with E-state index in [1.54, 1.807) is 0 Å². The lowest BCUT2D eigenvalue weighted by atomic mass is 10.0. The maximum atomic E-state index is 6.96. The van der Waals surface area contributed by atoms with E-state index in [9.17, 15) is 0 Å². The van der Waals surface area contributed by atoms with Crippen molar-refractivity contribution in [2.24, 2.45) is 14.1 Å². The number of hydrogen-bond acceptors (Lipinski definition) is 4. The Morgan fingerprint density at radius 1 is 0.300 bits per heavy atom. The van der Waals surface area contributed by atoms with Gasteiger partial charge in [0, 0.05) is 85.6 Å². The molecule has 0 N–H and O–H groups in total. The first-order valence-corrected chi connectivity index (χ1v) is 23.9. The Hall–Kier alpha value is -9.26. The summed E-state index contributed by atoms with van der Waals surface area (Å²) in [5.41, 5.74) is 14.7. The number of anilines is 6. The largest absolute Gasteiger partial charge is 0.456 e. The fraction of sp³-hybridized carbons (Fsp3) is 0.0312. The summed E-state index contributed by atoms with van der Waals surface area (Å²) in [6, 6.07) is 78.7. The van der Waals surface area contributed by atoms with Gasteiger partial charge in [-0.3, -0.25) is 0 Å². The number of hydrogen-bond donors (Lipinski definition) is 0. The number of aromatic nitrogens is 2. The first kappa shape index (κ1) is 38.8. The van der Waals surface area contributed by atoms with Gasteiger partial charge in [0.05, 0.1) is 27.8 Å². The number of furan rings is 2. The summed E-state index contributed by atoms with van der Waals surface area (Å²) in [5, 5.41) is 13.6. The van der Waals surface area contributed by atoms with Crippen LogP contribution in [0.2, 0.25) is 0 Å². The van der Waals surface area contributed by atoms with E-state index in [0.29, 0.717) is 0 Å². The molecule has 15 rings (SSSR count). The molecular formula is C64H42N4O2. The van der Waals surface area contributed by atoms with Crippen LogP contribution in [-0.4, -0.2) is 9.13 Å². The van der Waals surface area contributed by atoms with Gasteiger partial charge in [0.1, 0.15) is 22.3 Å². The first-order valence-electron chi connectivity index (χ1n) is 23.9. The van der Waals surface area contributed by atoms with Gasteiger partial charge in [-0.25, -0.2) is 0 Å². The van der Waals surface area contributed by atoms with E-state index in [0.717, 1.165) is 99.5 Å². The molecule has 6 heteroatoms. The predicted octanol–water partition coefficient (Wildman–Crippen LogP) is 18.0. The minimum atomic E-state index is 0.804. The number of nitrogens with zero attached hydrogens (tertiary/aromatic N) is 4. The molecule has 0 bridgehead atoms. The van der Waals surface area contributed by atoms with E-state index in [4.69, 9.17) is 8.83 Å². The number of para-hydroxylation sites is 4. The summed E-state index contributed by atoms with van der Waals surface area (Å²) < 4.78 is 18.3. The zero-order chi connectivity index (χ0) is 46.2. The lowest BCUT2D eigenvalue weighted by molar-refractivity contribution is 0.663. The van der Waals surface area contributed by atoms with E-state index < -0.39 is 0 Å². The third kappa shape index (κ3) is 5.56. The quantitative estimate of drug-likeness (QED) is 0.167. The Morgan fingerprint density at radius 3 is 1.34 bits per heavy atom. The van der Waals surface area contributed by atoms with E-state index in [1.165, 1.54) is 43.6 Å². The molecule has 0 unspecified atom stereocenters. The second kappa shape index (κ2) is 14.6. The van der Waals surface area contributed by atoms with Crippen molar-refractivity contribution < 1.29 is 8.83 Å². The van der Waals surface area contributed by atoms with Crippen LogP contribution in [0.1, 0.15) is 0 Å². The van der Waals surface area contributed by atoms with Crippen LogP contribution in [0.15, 0.2) is 227 Å². The molecule has 0 aliphatic rings. The molecule has 0 aliphatic carbocycles. The van der Waals surface area contributed by atoms with Crippen LogP contribution < -0.4 is 9.80 Å². The Balaban J connectivity index is 0.870. The summed E-state index contributed by atoms with van der Waals surface area (Å²) in [6.07, 6.45) is 0. The fourth-order valence-electron chi connectivity index (χ4n) is 11.6. The Labute approximate surface area is 401 Å². The predicted molar refractivity (Wildman–Crippen MR) is 293 cm³/mol. The van der Waals surface area contributed by atoms with E-state index >= 15 is 0 Å². The van der Waals surface area contributed by atoms with Crippen molar-refractivity contribution in [1.29, 1.82) is 0 Å². The van der Waals surface area contributed by atoms with Gasteiger partial charge in [-0.2, -0.15) is 0 Å². The maximum absolute atomic E-state index is 6.96. The number of benzene rings is 11. The van der Waals surface area contributed by atoms with Crippen molar-refractivity contribution in [3.05, 3.63) is 218 Å². The molecule has 15 aromatic rings. The zero-order valence-corrected chi connectivity index (χ0v) is 38.4. The van der Waals surface area contributed by atoms with Gasteiger partial charge in [-0.15, -0.1) is 0 Å². The molecule has 0 atom stereocenters. The van der Waals surface area contributed by atoms with Gasteiger partial charge in [0.15, 0.2) is 0 Å². The molecule has 0 fully saturated rings. The van der Waals surface area contributed by atoms with Crippen molar-refractivity contribution in [2.45, 2.75) is 0 Å². The van der Waals surface area contributed by atoms with E-state index in [2.05, 4.69) is 251 Å². The zero-order valence-electron chi connectivity index (χ0n) is 38.4. The van der Waals surface area contributed by atoms with E-state index in [-0.39, 0.29) is 0 Å². The van der Waals surface area contributed by atoms with Crippen molar-refractivity contribution in [1.82, 2.24) is 9.13 Å². The standard InChI is InChI=1S/C64H42N4O2/c1-65-52-21-11-9-19-48(52)61-54(65)23-13-25-56(61)67(43-15-5-3-6-16-43)45-29-27-39-35-50-47-31-32-58-63(64(47)70-59(50)37-41(39)33-45)51-36-40-28-30-46(34-42(40)38-60(51)69-58)68(44-17-7-4-8-18-44)57-26-14-24-55-62(57)49-20-10-12-22-53(49)66(55)2/h3-38H,1-2H3. The molecule has 0 radical (unpaired) electrons. The molecule has 0 amide bonds. The molecule has 4 aromatic heterocycles. The highest BCUT2D eigenvalue weighted by molar-refractivity contribution is 6.25. The summed E-state index contributed by atoms with van der Waals surface area (Å²) >= 11 is 0. The van der Waals surface area contributed by atoms with Crippen LogP contribution in [0.3, 0.4) is 0 Å². The topological polar surface area (TPSA) is 42.6 Å². The van der Waals surface area contributed by atoms with Crippen LogP contribution >= 0.6 is 0 Å². The van der Waals surface area contributed by atoms with Crippen LogP contribution in [0.5, 0.6) is 0 Å². The number of rotatable bonds is 6. The van der Waals surface area contributed by atoms with Crippen molar-refractivity contribution in [3.63, 3.8) is 0 Å². The molecule has 70 heavy (non-hydrogen) atoms. The molecule has 0 spiro atoms. The molecule has 330 valence electrons. The first-order chi connectivity index (χ1) is 34.5. The van der Waals surface area contributed by atoms with Gasteiger partial charge in [0.25, 0.3) is 0 Å². The van der Waals surface area contributed by atoms with Crippen LogP contribution in [0, 0.1) is 0 Å². The molecule has 4 heterocycles. The minimum absolute atomic E-state index is 0.804. The van der Waals surface area contributed by atoms with Gasteiger partial charge in [-0.1, -0.05) is 97.1 Å². The smallest absolute Gasteiger partial charge is 0.147 e. The second-order valence-electron chi connectivity index (χ2n) is 18.6. The summed E-state index contributed by atoms with van der Waals surface area (Å²) in [5.74, 6) is 0. The molecule has 0 saturated carbocycles. The normalized spacial score (nSPS) is 12.1. The summed E-state index contributed by atoms with van der Waals surface area (Å²) in [7, 11) is 4.31. The maximum Gasteiger partial charge on any atom is 0.147 e. The third-order valence-corrected chi connectivity index (χ3v) is 14.8. The Bertz CT molecular complexity index is 4630. The highest BCUT2D eigenvalue weighted by atomic mass is 16.3. The number of fused-ring (bicyclic) bond motifs is 15. The molecule has 6 nitrogen and oxygen atoms in total. The Morgan fingerprint density at radius 2 is 0.786 bits per heavy atom. The molecule has 11 aromatic carbocycles. The fourth-order valence-corrected chi connectivity index (χ4v) is 11.6. The third-order valence-electron chi connectivity index (χ3n) is 14.8. The van der Waals surface area contributed by atoms with Crippen molar-refractivity contribution in [2.75, 3.05) is 9.80 Å². The lowest BCUT2D eigenvalue weighted by Crippen LogP contribution is -2.10. The Kier molecular flexibility index (Phi) is 8.10. The molecule has 0 saturated heterocycles. The average molecular weight is 899 g/mol. The van der Waals surface area contributed by atoms with E-state index in [1.807, 2.05) is 0 Å². The van der Waals surface area contributed by atoms with Crippen LogP contribution in [0.25, 0.3) is 109 Å². The van der Waals surface area contributed by atoms with Gasteiger partial charge in [0.2, 0.25) is 0 Å². The van der Waals surface area contributed by atoms with Crippen molar-refractivity contribution >= 4 is 143 Å². The minimum Gasteiger partial charge on any atom is -0.456 e. The van der Waals surface area contributed by atoms with Crippen LogP contribution in [-0.2, 0) is 14.1 Å². The molecule has 0 aliphatic heterocycles. The van der Waals surface area contributed by atoms with Crippen LogP contribution in [0.4, 0.5) is 34.1 Å². The lowest BCUT2D eigenvalue weighted by Gasteiger charge is -2.26. The monoisotopic (exact) mass is 898 g/mol. The summed E-state index contributed by atoms with van der Waals surface area (Å²) in [6.45, 7) is 0. The summed E-state index contributed by atoms with van der Waals surface area (Å²) in [4.78, 5) is 4.77. The number of aryl methyl sites for hydroxylation is 2. The highest BCUT2D eigenvalue weighted by Crippen LogP contribution is 2.47. The van der Waals surface area contributed by atoms with Gasteiger partial charge in [-0.05, 0) is 143 Å². The van der Waals surface area contributed by atoms with Gasteiger partial charge >= 0.3 is 0 Å². The van der Waals surface area contributed by atoms with Gasteiger partial charge < -0.3 is 27.8 Å². The average Bonchev–Trinajstić information content (AvgIpc) is 4.13.